The summed E-state index contributed by atoms with van der Waals surface area (Å²) in [5.74, 6) is 0.111. The van der Waals surface area contributed by atoms with Crippen molar-refractivity contribution in [2.75, 3.05) is 38.8 Å². The van der Waals surface area contributed by atoms with Crippen molar-refractivity contribution in [3.63, 3.8) is 0 Å². The average Bonchev–Trinajstić information content (AvgIpc) is 3.36. The van der Waals surface area contributed by atoms with Crippen molar-refractivity contribution in [1.29, 1.82) is 0 Å². The molecule has 1 N–H and O–H groups in total. The molecular formula is C29H42N2O9. The highest BCUT2D eigenvalue weighted by atomic mass is 16.5. The SMILES string of the molecule is C=CCOC(=O)Nc1cc(OCCCCCC(C)(C)C)c(OC)cc1C(=O)N1CCC[C@H]1COC(C)=O.O=C=O. The minimum Gasteiger partial charge on any atom is -0.493 e. The van der Waals surface area contributed by atoms with E-state index in [2.05, 4.69) is 32.7 Å². The van der Waals surface area contributed by atoms with Crippen LogP contribution in [0.5, 0.6) is 11.5 Å². The number of nitrogens with zero attached hydrogens (tertiary/aromatic N) is 1. The van der Waals surface area contributed by atoms with E-state index in [-0.39, 0.29) is 42.6 Å². The van der Waals surface area contributed by atoms with Gasteiger partial charge in [-0.15, -0.1) is 0 Å². The van der Waals surface area contributed by atoms with Crippen molar-refractivity contribution in [3.8, 4) is 11.5 Å². The van der Waals surface area contributed by atoms with Gasteiger partial charge in [0.1, 0.15) is 13.2 Å². The van der Waals surface area contributed by atoms with Gasteiger partial charge >= 0.3 is 18.2 Å². The van der Waals surface area contributed by atoms with Crippen LogP contribution in [0.3, 0.4) is 0 Å². The number of amides is 2. The van der Waals surface area contributed by atoms with Crippen molar-refractivity contribution in [3.05, 3.63) is 30.4 Å². The summed E-state index contributed by atoms with van der Waals surface area (Å²) in [6.45, 7) is 12.7. The van der Waals surface area contributed by atoms with Gasteiger partial charge in [-0.3, -0.25) is 14.9 Å². The van der Waals surface area contributed by atoms with Gasteiger partial charge in [-0.1, -0.05) is 46.3 Å². The summed E-state index contributed by atoms with van der Waals surface area (Å²) in [6.07, 6.45) is 6.66. The van der Waals surface area contributed by atoms with Gasteiger partial charge in [0.25, 0.3) is 5.91 Å². The maximum atomic E-state index is 13.6. The Hall–Kier alpha value is -3.85. The molecule has 0 radical (unpaired) electrons. The Morgan fingerprint density at radius 1 is 1.12 bits per heavy atom. The van der Waals surface area contributed by atoms with Crippen LogP contribution in [-0.2, 0) is 23.9 Å². The molecular weight excluding hydrogens is 520 g/mol. The number of carbonyl (C=O) groups excluding carboxylic acids is 5. The predicted octanol–water partition coefficient (Wildman–Crippen LogP) is 5.00. The summed E-state index contributed by atoms with van der Waals surface area (Å²) in [7, 11) is 1.50. The molecule has 11 heteroatoms. The van der Waals surface area contributed by atoms with E-state index in [1.807, 2.05) is 0 Å². The largest absolute Gasteiger partial charge is 0.493 e. The van der Waals surface area contributed by atoms with E-state index in [1.165, 1.54) is 20.1 Å². The maximum absolute atomic E-state index is 13.6. The lowest BCUT2D eigenvalue weighted by Crippen LogP contribution is -2.39. The number of anilines is 1. The molecule has 0 aliphatic carbocycles. The summed E-state index contributed by atoms with van der Waals surface area (Å²) in [6, 6.07) is 2.92. The predicted molar refractivity (Wildman–Crippen MR) is 147 cm³/mol. The number of ether oxygens (including phenoxy) is 4. The fourth-order valence-electron chi connectivity index (χ4n) is 4.15. The molecule has 0 aromatic heterocycles. The Bertz CT molecular complexity index is 1030. The highest BCUT2D eigenvalue weighted by Crippen LogP contribution is 2.36. The Balaban J connectivity index is 0.00000254. The molecule has 2 amide bonds. The van der Waals surface area contributed by atoms with E-state index in [0.29, 0.717) is 30.1 Å². The molecule has 1 aliphatic heterocycles. The van der Waals surface area contributed by atoms with Gasteiger partial charge in [0.05, 0.1) is 31.0 Å². The third-order valence-electron chi connectivity index (χ3n) is 6.05. The van der Waals surface area contributed by atoms with Gasteiger partial charge < -0.3 is 23.8 Å². The summed E-state index contributed by atoms with van der Waals surface area (Å²) in [5.41, 5.74) is 0.792. The van der Waals surface area contributed by atoms with E-state index in [1.54, 1.807) is 17.0 Å². The third-order valence-corrected chi connectivity index (χ3v) is 6.05. The van der Waals surface area contributed by atoms with Crippen LogP contribution in [0.4, 0.5) is 10.5 Å². The zero-order chi connectivity index (χ0) is 30.1. The van der Waals surface area contributed by atoms with Gasteiger partial charge in [-0.25, -0.2) is 4.79 Å². The molecule has 40 heavy (non-hydrogen) atoms. The molecule has 1 aliphatic rings. The first-order valence-corrected chi connectivity index (χ1v) is 13.3. The van der Waals surface area contributed by atoms with E-state index >= 15 is 0 Å². The Labute approximate surface area is 236 Å². The lowest BCUT2D eigenvalue weighted by atomic mass is 9.89. The fourth-order valence-corrected chi connectivity index (χ4v) is 4.15. The first kappa shape index (κ1) is 34.2. The molecule has 1 saturated heterocycles. The van der Waals surface area contributed by atoms with Gasteiger partial charge in [0, 0.05) is 19.5 Å². The van der Waals surface area contributed by atoms with Crippen molar-refractivity contribution >= 4 is 29.8 Å². The number of unbranched alkanes of at least 4 members (excludes halogenated alkanes) is 2. The van der Waals surface area contributed by atoms with Gasteiger partial charge in [0.2, 0.25) is 0 Å². The van der Waals surface area contributed by atoms with Gasteiger partial charge in [-0.05, 0) is 37.2 Å². The molecule has 0 saturated carbocycles. The first-order chi connectivity index (χ1) is 19.0. The molecule has 222 valence electrons. The van der Waals surface area contributed by atoms with Crippen molar-refractivity contribution in [2.24, 2.45) is 5.41 Å². The zero-order valence-electron chi connectivity index (χ0n) is 24.2. The number of nitrogens with one attached hydrogen (secondary N) is 1. The Morgan fingerprint density at radius 2 is 1.82 bits per heavy atom. The molecule has 1 aromatic rings. The number of benzene rings is 1. The van der Waals surface area contributed by atoms with E-state index in [4.69, 9.17) is 28.5 Å². The van der Waals surface area contributed by atoms with E-state index in [9.17, 15) is 14.4 Å². The van der Waals surface area contributed by atoms with Crippen molar-refractivity contribution in [1.82, 2.24) is 4.90 Å². The topological polar surface area (TPSA) is 138 Å². The number of esters is 1. The molecule has 0 bridgehead atoms. The highest BCUT2D eigenvalue weighted by Gasteiger charge is 2.32. The lowest BCUT2D eigenvalue weighted by Gasteiger charge is -2.26. The number of likely N-dealkylation sites (tertiary alicyclic amines) is 1. The maximum Gasteiger partial charge on any atom is 0.411 e. The van der Waals surface area contributed by atoms with Gasteiger partial charge in [-0.2, -0.15) is 9.59 Å². The number of methoxy groups -OCH3 is 1. The van der Waals surface area contributed by atoms with Crippen LogP contribution >= 0.6 is 0 Å². The molecule has 1 heterocycles. The normalized spacial score (nSPS) is 14.2. The van der Waals surface area contributed by atoms with Crippen LogP contribution in [0, 0.1) is 5.41 Å². The number of rotatable bonds is 13. The lowest BCUT2D eigenvalue weighted by molar-refractivity contribution is -0.191. The second kappa shape index (κ2) is 17.7. The first-order valence-electron chi connectivity index (χ1n) is 13.3. The van der Waals surface area contributed by atoms with Crippen LogP contribution in [0.1, 0.15) is 76.6 Å². The quantitative estimate of drug-likeness (QED) is 0.200. The highest BCUT2D eigenvalue weighted by molar-refractivity contribution is 6.03. The molecule has 11 nitrogen and oxygen atoms in total. The standard InChI is InChI=1S/C28H42N2O7.CO2/c1-7-15-36-27(33)29-23-18-25(35-16-10-8-9-13-28(3,4)5)24(34-6)17-22(23)26(32)30-14-11-12-21(30)19-37-20(2)31;2-1-3/h7,17-18,21H,1,8-16,19H2,2-6H3,(H,29,33);/t21-;/m0./s1. The monoisotopic (exact) mass is 562 g/mol. The molecule has 1 fully saturated rings. The van der Waals surface area contributed by atoms with Crippen molar-refractivity contribution in [2.45, 2.75) is 72.3 Å². The van der Waals surface area contributed by atoms with Gasteiger partial charge in [0.15, 0.2) is 11.5 Å². The summed E-state index contributed by atoms with van der Waals surface area (Å²) < 4.78 is 21.8. The molecule has 1 atom stereocenters. The molecule has 0 spiro atoms. The summed E-state index contributed by atoms with van der Waals surface area (Å²) >= 11 is 0. The zero-order valence-corrected chi connectivity index (χ0v) is 24.2. The number of hydrogen-bond acceptors (Lipinski definition) is 9. The van der Waals surface area contributed by atoms with E-state index in [0.717, 1.165) is 38.5 Å². The third kappa shape index (κ3) is 12.3. The average molecular weight is 563 g/mol. The minimum absolute atomic E-state index is 0.0276. The molecule has 2 rings (SSSR count). The second-order valence-corrected chi connectivity index (χ2v) is 10.5. The molecule has 0 unspecified atom stereocenters. The Morgan fingerprint density at radius 3 is 2.42 bits per heavy atom. The van der Waals surface area contributed by atoms with Crippen LogP contribution in [0.15, 0.2) is 24.8 Å². The molecule has 1 aromatic carbocycles. The number of hydrogen-bond donors (Lipinski definition) is 1. The van der Waals surface area contributed by atoms with Crippen LogP contribution in [0.25, 0.3) is 0 Å². The summed E-state index contributed by atoms with van der Waals surface area (Å²) in [4.78, 5) is 55.1. The minimum atomic E-state index is -0.717. The fraction of sp³-hybridized carbons (Fsp3) is 0.586. The van der Waals surface area contributed by atoms with E-state index < -0.39 is 12.1 Å². The smallest absolute Gasteiger partial charge is 0.411 e. The Kier molecular flexibility index (Phi) is 15.1. The van der Waals surface area contributed by atoms with Crippen LogP contribution < -0.4 is 14.8 Å². The van der Waals surface area contributed by atoms with Crippen molar-refractivity contribution < 1.29 is 42.9 Å². The summed E-state index contributed by atoms with van der Waals surface area (Å²) in [5, 5.41) is 2.66. The second-order valence-electron chi connectivity index (χ2n) is 10.5. The number of carbonyl (C=O) groups is 3. The van der Waals surface area contributed by atoms with Crippen LogP contribution in [-0.4, -0.2) is 68.5 Å². The van der Waals surface area contributed by atoms with Crippen LogP contribution in [0.2, 0.25) is 0 Å².